The van der Waals surface area contributed by atoms with Crippen LogP contribution in [-0.4, -0.2) is 43.0 Å². The van der Waals surface area contributed by atoms with Gasteiger partial charge in [0.25, 0.3) is 5.91 Å². The number of fused-ring (bicyclic) bond motifs is 2. The predicted octanol–water partition coefficient (Wildman–Crippen LogP) is 4.14. The van der Waals surface area contributed by atoms with Crippen LogP contribution in [0.3, 0.4) is 0 Å². The van der Waals surface area contributed by atoms with Crippen molar-refractivity contribution >= 4 is 28.8 Å². The third-order valence-electron chi connectivity index (χ3n) is 6.54. The summed E-state index contributed by atoms with van der Waals surface area (Å²) in [7, 11) is 0. The number of anilines is 1. The second-order valence-electron chi connectivity index (χ2n) is 8.82. The van der Waals surface area contributed by atoms with Crippen molar-refractivity contribution in [3.8, 4) is 11.5 Å². The van der Waals surface area contributed by atoms with E-state index < -0.39 is 0 Å². The maximum Gasteiger partial charge on any atom is 0.263 e. The van der Waals surface area contributed by atoms with Crippen molar-refractivity contribution in [3.63, 3.8) is 0 Å². The second-order valence-corrected chi connectivity index (χ2v) is 9.96. The van der Waals surface area contributed by atoms with Gasteiger partial charge in [0.1, 0.15) is 13.2 Å². The lowest BCUT2D eigenvalue weighted by Gasteiger charge is -2.29. The highest BCUT2D eigenvalue weighted by Gasteiger charge is 2.29. The molecule has 164 valence electrons. The number of nitrogens with one attached hydrogen (secondary N) is 1. The van der Waals surface area contributed by atoms with Gasteiger partial charge >= 0.3 is 0 Å². The minimum atomic E-state index is -0.0888. The smallest absolute Gasteiger partial charge is 0.263 e. The number of ether oxygens (including phenoxy) is 2. The molecule has 1 atom stereocenters. The molecule has 5 rings (SSSR count). The van der Waals surface area contributed by atoms with Crippen molar-refractivity contribution < 1.29 is 19.1 Å². The molecule has 3 heterocycles. The number of carbonyl (C=O) groups excluding carboxylic acids is 2. The summed E-state index contributed by atoms with van der Waals surface area (Å²) >= 11 is 1.62. The van der Waals surface area contributed by atoms with E-state index in [0.29, 0.717) is 37.1 Å². The number of rotatable bonds is 3. The van der Waals surface area contributed by atoms with E-state index in [2.05, 4.69) is 12.2 Å². The number of amides is 2. The Morgan fingerprint density at radius 1 is 1.06 bits per heavy atom. The van der Waals surface area contributed by atoms with Gasteiger partial charge in [-0.15, -0.1) is 11.3 Å². The highest BCUT2D eigenvalue weighted by atomic mass is 32.1. The number of nitrogens with zero attached hydrogens (tertiary/aromatic N) is 1. The molecule has 31 heavy (non-hydrogen) atoms. The van der Waals surface area contributed by atoms with Crippen LogP contribution in [0.25, 0.3) is 0 Å². The van der Waals surface area contributed by atoms with E-state index in [0.717, 1.165) is 54.9 Å². The molecular formula is C24H28N2O4S. The number of benzene rings is 1. The highest BCUT2D eigenvalue weighted by molar-refractivity contribution is 7.14. The molecule has 1 aromatic carbocycles. The minimum absolute atomic E-state index is 0.0198. The summed E-state index contributed by atoms with van der Waals surface area (Å²) in [4.78, 5) is 29.9. The maximum absolute atomic E-state index is 12.9. The van der Waals surface area contributed by atoms with Crippen LogP contribution in [0, 0.1) is 11.8 Å². The Morgan fingerprint density at radius 3 is 2.65 bits per heavy atom. The molecule has 7 heteroatoms. The quantitative estimate of drug-likeness (QED) is 0.779. The van der Waals surface area contributed by atoms with Gasteiger partial charge in [-0.05, 0) is 61.8 Å². The van der Waals surface area contributed by atoms with Gasteiger partial charge in [0.05, 0.1) is 4.88 Å². The number of hydrogen-bond acceptors (Lipinski definition) is 5. The van der Waals surface area contributed by atoms with E-state index in [1.165, 1.54) is 4.88 Å². The number of hydrogen-bond donors (Lipinski definition) is 1. The summed E-state index contributed by atoms with van der Waals surface area (Å²) in [6, 6.07) is 7.53. The zero-order valence-electron chi connectivity index (χ0n) is 17.8. The molecule has 1 aromatic heterocycles. The van der Waals surface area contributed by atoms with E-state index in [-0.39, 0.29) is 17.7 Å². The molecule has 0 spiro atoms. The van der Waals surface area contributed by atoms with Crippen LogP contribution in [0.4, 0.5) is 5.69 Å². The molecule has 1 fully saturated rings. The summed E-state index contributed by atoms with van der Waals surface area (Å²) in [5.41, 5.74) is 1.88. The van der Waals surface area contributed by atoms with Gasteiger partial charge in [-0.25, -0.2) is 0 Å². The maximum atomic E-state index is 12.9. The SMILES string of the molecule is CC1CCN(C(=O)c2cc3c(s2)CCC(C(=O)Nc2ccc4c(c2)OCCO4)C3)CC1. The summed E-state index contributed by atoms with van der Waals surface area (Å²) in [5, 5.41) is 3.03. The average molecular weight is 441 g/mol. The molecule has 0 bridgehead atoms. The first-order valence-electron chi connectivity index (χ1n) is 11.2. The molecule has 2 aliphatic heterocycles. The molecule has 2 aromatic rings. The topological polar surface area (TPSA) is 67.9 Å². The molecule has 0 radical (unpaired) electrons. The van der Waals surface area contributed by atoms with Gasteiger partial charge in [-0.1, -0.05) is 6.92 Å². The summed E-state index contributed by atoms with van der Waals surface area (Å²) in [6.07, 6.45) is 4.51. The van der Waals surface area contributed by atoms with Gasteiger partial charge in [0.2, 0.25) is 5.91 Å². The molecular weight excluding hydrogens is 412 g/mol. The van der Waals surface area contributed by atoms with Crippen LogP contribution in [0.1, 0.15) is 46.3 Å². The monoisotopic (exact) mass is 440 g/mol. The van der Waals surface area contributed by atoms with E-state index >= 15 is 0 Å². The van der Waals surface area contributed by atoms with Crippen molar-refractivity contribution in [2.75, 3.05) is 31.6 Å². The van der Waals surface area contributed by atoms with Crippen LogP contribution >= 0.6 is 11.3 Å². The van der Waals surface area contributed by atoms with Gasteiger partial charge in [-0.2, -0.15) is 0 Å². The van der Waals surface area contributed by atoms with Crippen LogP contribution in [0.5, 0.6) is 11.5 Å². The van der Waals surface area contributed by atoms with Crippen molar-refractivity contribution in [2.45, 2.75) is 39.0 Å². The zero-order chi connectivity index (χ0) is 21.4. The Hall–Kier alpha value is -2.54. The third kappa shape index (κ3) is 4.28. The molecule has 1 N–H and O–H groups in total. The van der Waals surface area contributed by atoms with E-state index in [4.69, 9.17) is 9.47 Å². The fourth-order valence-electron chi connectivity index (χ4n) is 4.59. The standard InChI is InChI=1S/C24H28N2O4S/c1-15-6-8-26(9-7-15)24(28)22-13-17-12-16(2-5-21(17)31-22)23(27)25-18-3-4-19-20(14-18)30-11-10-29-19/h3-4,13-16H,2,5-12H2,1H3,(H,25,27). The Kier molecular flexibility index (Phi) is 5.61. The number of piperidine rings is 1. The van der Waals surface area contributed by atoms with Crippen molar-refractivity contribution in [1.82, 2.24) is 4.90 Å². The molecule has 1 unspecified atom stereocenters. The Bertz CT molecular complexity index is 993. The van der Waals surface area contributed by atoms with Crippen LogP contribution in [0.2, 0.25) is 0 Å². The number of thiophene rings is 1. The summed E-state index contributed by atoms with van der Waals surface area (Å²) < 4.78 is 11.1. The molecule has 6 nitrogen and oxygen atoms in total. The molecule has 3 aliphatic rings. The Labute approximate surface area is 186 Å². The highest BCUT2D eigenvalue weighted by Crippen LogP contribution is 2.35. The summed E-state index contributed by atoms with van der Waals surface area (Å²) in [6.45, 7) is 5.02. The zero-order valence-corrected chi connectivity index (χ0v) is 18.6. The van der Waals surface area contributed by atoms with Crippen molar-refractivity contribution in [3.05, 3.63) is 39.6 Å². The Morgan fingerprint density at radius 2 is 1.84 bits per heavy atom. The molecule has 1 aliphatic carbocycles. The fraction of sp³-hybridized carbons (Fsp3) is 0.500. The number of aryl methyl sites for hydroxylation is 1. The lowest BCUT2D eigenvalue weighted by molar-refractivity contribution is -0.120. The first-order chi connectivity index (χ1) is 15.1. The second kappa shape index (κ2) is 8.54. The molecule has 1 saturated heterocycles. The first-order valence-corrected chi connectivity index (χ1v) is 12.0. The average Bonchev–Trinajstić information content (AvgIpc) is 3.22. The van der Waals surface area contributed by atoms with Crippen LogP contribution in [0.15, 0.2) is 24.3 Å². The van der Waals surface area contributed by atoms with Gasteiger partial charge in [-0.3, -0.25) is 9.59 Å². The molecule has 2 amide bonds. The van der Waals surface area contributed by atoms with E-state index in [1.54, 1.807) is 11.3 Å². The largest absolute Gasteiger partial charge is 0.486 e. The predicted molar refractivity (Wildman–Crippen MR) is 120 cm³/mol. The van der Waals surface area contributed by atoms with Gasteiger partial charge in [0, 0.05) is 35.6 Å². The summed E-state index contributed by atoms with van der Waals surface area (Å²) in [5.74, 6) is 2.17. The van der Waals surface area contributed by atoms with E-state index in [1.807, 2.05) is 29.2 Å². The number of carbonyl (C=O) groups is 2. The molecule has 0 saturated carbocycles. The van der Waals surface area contributed by atoms with E-state index in [9.17, 15) is 9.59 Å². The Balaban J connectivity index is 1.23. The normalized spacial score (nSPS) is 20.8. The van der Waals surface area contributed by atoms with Crippen molar-refractivity contribution in [2.24, 2.45) is 11.8 Å². The van der Waals surface area contributed by atoms with Crippen LogP contribution in [-0.2, 0) is 17.6 Å². The fourth-order valence-corrected chi connectivity index (χ4v) is 5.76. The van der Waals surface area contributed by atoms with Crippen molar-refractivity contribution in [1.29, 1.82) is 0 Å². The van der Waals surface area contributed by atoms with Gasteiger partial charge < -0.3 is 19.7 Å². The lowest BCUT2D eigenvalue weighted by atomic mass is 9.87. The first kappa shape index (κ1) is 20.4. The third-order valence-corrected chi connectivity index (χ3v) is 7.77. The lowest BCUT2D eigenvalue weighted by Crippen LogP contribution is -2.37. The van der Waals surface area contributed by atoms with Crippen LogP contribution < -0.4 is 14.8 Å². The van der Waals surface area contributed by atoms with Gasteiger partial charge in [0.15, 0.2) is 11.5 Å². The minimum Gasteiger partial charge on any atom is -0.486 e. The number of likely N-dealkylation sites (tertiary alicyclic amines) is 1.